The first-order valence-corrected chi connectivity index (χ1v) is 8.70. The van der Waals surface area contributed by atoms with E-state index in [2.05, 4.69) is 38.1 Å². The molecule has 1 N–H and O–H groups in total. The van der Waals surface area contributed by atoms with Crippen molar-refractivity contribution in [2.75, 3.05) is 0 Å². The Morgan fingerprint density at radius 2 is 1.96 bits per heavy atom. The maximum Gasteiger partial charge on any atom is 0.303 e. The molecule has 2 aromatic carbocycles. The molecule has 122 valence electrons. The van der Waals surface area contributed by atoms with Crippen LogP contribution in [0.1, 0.15) is 34.5 Å². The first-order chi connectivity index (χ1) is 11.5. The standard InChI is InChI=1S/C20H19NO2S/c1-13-7-8-14(2)16(11-13)12-15(9-10-19(22)23)20-21-17-5-3-4-6-18(17)24-20/h3-8,11-12H,9-10H2,1-2H3,(H,22,23)/b15-12-. The summed E-state index contributed by atoms with van der Waals surface area (Å²) < 4.78 is 1.12. The summed E-state index contributed by atoms with van der Waals surface area (Å²) in [4.78, 5) is 15.7. The van der Waals surface area contributed by atoms with Crippen LogP contribution in [0.3, 0.4) is 0 Å². The lowest BCUT2D eigenvalue weighted by Crippen LogP contribution is -1.96. The topological polar surface area (TPSA) is 50.2 Å². The lowest BCUT2D eigenvalue weighted by molar-refractivity contribution is -0.136. The number of hydrogen-bond acceptors (Lipinski definition) is 3. The van der Waals surface area contributed by atoms with Gasteiger partial charge in [0, 0.05) is 6.42 Å². The molecule has 0 unspecified atom stereocenters. The van der Waals surface area contributed by atoms with Gasteiger partial charge in [0.1, 0.15) is 5.01 Å². The minimum Gasteiger partial charge on any atom is -0.481 e. The number of aliphatic carboxylic acids is 1. The van der Waals surface area contributed by atoms with Gasteiger partial charge in [0.25, 0.3) is 0 Å². The number of thiazole rings is 1. The molecule has 3 aromatic rings. The van der Waals surface area contributed by atoms with Crippen LogP contribution in [-0.4, -0.2) is 16.1 Å². The van der Waals surface area contributed by atoms with E-state index in [1.807, 2.05) is 24.3 Å². The SMILES string of the molecule is Cc1ccc(C)c(/C=C(/CCC(=O)O)c2nc3ccccc3s2)c1. The van der Waals surface area contributed by atoms with Crippen molar-refractivity contribution in [2.45, 2.75) is 26.7 Å². The molecule has 0 fully saturated rings. The van der Waals surface area contributed by atoms with Crippen LogP contribution in [0.2, 0.25) is 0 Å². The maximum absolute atomic E-state index is 11.0. The van der Waals surface area contributed by atoms with Crippen LogP contribution in [-0.2, 0) is 4.79 Å². The number of para-hydroxylation sites is 1. The van der Waals surface area contributed by atoms with Crippen LogP contribution in [0.5, 0.6) is 0 Å². The number of carbonyl (C=O) groups is 1. The lowest BCUT2D eigenvalue weighted by Gasteiger charge is -2.06. The average Bonchev–Trinajstić information content (AvgIpc) is 2.98. The predicted molar refractivity (Wildman–Crippen MR) is 100 cm³/mol. The number of benzene rings is 2. The third kappa shape index (κ3) is 3.71. The Balaban J connectivity index is 2.06. The predicted octanol–water partition coefficient (Wildman–Crippen LogP) is 5.32. The first kappa shape index (κ1) is 16.4. The summed E-state index contributed by atoms with van der Waals surface area (Å²) in [6, 6.07) is 14.3. The Morgan fingerprint density at radius 3 is 2.71 bits per heavy atom. The Labute approximate surface area is 145 Å². The minimum absolute atomic E-state index is 0.104. The normalized spacial score (nSPS) is 11.8. The van der Waals surface area contributed by atoms with E-state index in [-0.39, 0.29) is 6.42 Å². The second kappa shape index (κ2) is 6.97. The molecule has 0 atom stereocenters. The van der Waals surface area contributed by atoms with Gasteiger partial charge in [0.2, 0.25) is 0 Å². The molecule has 1 heterocycles. The molecule has 0 spiro atoms. The van der Waals surface area contributed by atoms with E-state index in [1.165, 1.54) is 11.1 Å². The molecule has 0 aliphatic rings. The Hall–Kier alpha value is -2.46. The summed E-state index contributed by atoms with van der Waals surface area (Å²) >= 11 is 1.61. The van der Waals surface area contributed by atoms with Crippen LogP contribution >= 0.6 is 11.3 Å². The molecule has 3 nitrogen and oxygen atoms in total. The van der Waals surface area contributed by atoms with E-state index in [4.69, 9.17) is 10.1 Å². The van der Waals surface area contributed by atoms with Crippen LogP contribution in [0.15, 0.2) is 42.5 Å². The highest BCUT2D eigenvalue weighted by molar-refractivity contribution is 7.19. The van der Waals surface area contributed by atoms with Gasteiger partial charge in [0.05, 0.1) is 10.2 Å². The molecule has 0 amide bonds. The van der Waals surface area contributed by atoms with E-state index in [0.717, 1.165) is 26.4 Å². The number of aromatic nitrogens is 1. The fourth-order valence-electron chi connectivity index (χ4n) is 2.60. The molecule has 1 aromatic heterocycles. The molecule has 0 aliphatic carbocycles. The number of aryl methyl sites for hydroxylation is 2. The van der Waals surface area contributed by atoms with E-state index in [1.54, 1.807) is 11.3 Å². The van der Waals surface area contributed by atoms with Gasteiger partial charge in [0.15, 0.2) is 0 Å². The summed E-state index contributed by atoms with van der Waals surface area (Å²) in [6.07, 6.45) is 2.66. The molecule has 24 heavy (non-hydrogen) atoms. The third-order valence-corrected chi connectivity index (χ3v) is 5.05. The van der Waals surface area contributed by atoms with Crippen molar-refractivity contribution < 1.29 is 9.90 Å². The zero-order valence-electron chi connectivity index (χ0n) is 13.7. The molecule has 0 aliphatic heterocycles. The first-order valence-electron chi connectivity index (χ1n) is 7.88. The highest BCUT2D eigenvalue weighted by Gasteiger charge is 2.11. The van der Waals surface area contributed by atoms with Gasteiger partial charge in [-0.3, -0.25) is 4.79 Å². The largest absolute Gasteiger partial charge is 0.481 e. The number of carboxylic acids is 1. The quantitative estimate of drug-likeness (QED) is 0.685. The summed E-state index contributed by atoms with van der Waals surface area (Å²) in [7, 11) is 0. The second-order valence-corrected chi connectivity index (χ2v) is 6.94. The van der Waals surface area contributed by atoms with Crippen molar-refractivity contribution in [3.8, 4) is 0 Å². The van der Waals surface area contributed by atoms with Gasteiger partial charge >= 0.3 is 5.97 Å². The molecule has 0 saturated carbocycles. The Bertz CT molecular complexity index is 891. The number of nitrogens with zero attached hydrogens (tertiary/aromatic N) is 1. The zero-order chi connectivity index (χ0) is 17.1. The van der Waals surface area contributed by atoms with E-state index in [0.29, 0.717) is 6.42 Å². The van der Waals surface area contributed by atoms with Gasteiger partial charge in [-0.1, -0.05) is 35.9 Å². The summed E-state index contributed by atoms with van der Waals surface area (Å²) in [6.45, 7) is 4.13. The maximum atomic E-state index is 11.0. The van der Waals surface area contributed by atoms with Gasteiger partial charge in [-0.25, -0.2) is 4.98 Å². The number of carboxylic acid groups (broad SMARTS) is 1. The van der Waals surface area contributed by atoms with Gasteiger partial charge < -0.3 is 5.11 Å². The molecule has 0 saturated heterocycles. The van der Waals surface area contributed by atoms with Crippen LogP contribution < -0.4 is 0 Å². The molecule has 4 heteroatoms. The average molecular weight is 337 g/mol. The number of allylic oxidation sites excluding steroid dienone is 1. The summed E-state index contributed by atoms with van der Waals surface area (Å²) in [5.41, 5.74) is 5.42. The van der Waals surface area contributed by atoms with Crippen molar-refractivity contribution in [3.05, 3.63) is 64.2 Å². The highest BCUT2D eigenvalue weighted by atomic mass is 32.1. The third-order valence-electron chi connectivity index (χ3n) is 3.94. The van der Waals surface area contributed by atoms with Crippen molar-refractivity contribution >= 4 is 39.2 Å². The monoisotopic (exact) mass is 337 g/mol. The van der Waals surface area contributed by atoms with E-state index < -0.39 is 5.97 Å². The van der Waals surface area contributed by atoms with E-state index in [9.17, 15) is 4.79 Å². The van der Waals surface area contributed by atoms with Crippen LogP contribution in [0.25, 0.3) is 21.9 Å². The zero-order valence-corrected chi connectivity index (χ0v) is 14.6. The van der Waals surface area contributed by atoms with E-state index >= 15 is 0 Å². The fraction of sp³-hybridized carbons (Fsp3) is 0.200. The van der Waals surface area contributed by atoms with Crippen molar-refractivity contribution in [3.63, 3.8) is 0 Å². The van der Waals surface area contributed by atoms with Crippen LogP contribution in [0, 0.1) is 13.8 Å². The Kier molecular flexibility index (Phi) is 4.76. The minimum atomic E-state index is -0.789. The van der Waals surface area contributed by atoms with Crippen molar-refractivity contribution in [2.24, 2.45) is 0 Å². The Morgan fingerprint density at radius 1 is 1.17 bits per heavy atom. The van der Waals surface area contributed by atoms with Crippen molar-refractivity contribution in [1.82, 2.24) is 4.98 Å². The number of fused-ring (bicyclic) bond motifs is 1. The number of rotatable bonds is 5. The molecule has 0 bridgehead atoms. The van der Waals surface area contributed by atoms with Gasteiger partial charge in [-0.05, 0) is 55.2 Å². The molecule has 3 rings (SSSR count). The molecular formula is C20H19NO2S. The summed E-state index contributed by atoms with van der Waals surface area (Å²) in [5, 5.41) is 9.97. The summed E-state index contributed by atoms with van der Waals surface area (Å²) in [5.74, 6) is -0.789. The van der Waals surface area contributed by atoms with Crippen molar-refractivity contribution in [1.29, 1.82) is 0 Å². The van der Waals surface area contributed by atoms with Crippen LogP contribution in [0.4, 0.5) is 0 Å². The van der Waals surface area contributed by atoms with Gasteiger partial charge in [-0.2, -0.15) is 0 Å². The van der Waals surface area contributed by atoms with Gasteiger partial charge in [-0.15, -0.1) is 11.3 Å². The number of hydrogen-bond donors (Lipinski definition) is 1. The second-order valence-electron chi connectivity index (χ2n) is 5.91. The molecule has 0 radical (unpaired) electrons. The molecular weight excluding hydrogens is 318 g/mol. The fourth-order valence-corrected chi connectivity index (χ4v) is 3.60. The lowest BCUT2D eigenvalue weighted by atomic mass is 10.0. The highest BCUT2D eigenvalue weighted by Crippen LogP contribution is 2.31. The smallest absolute Gasteiger partial charge is 0.303 e.